The first-order valence-corrected chi connectivity index (χ1v) is 6.87. The third-order valence-electron chi connectivity index (χ3n) is 2.30. The number of hydrazone groups is 1. The van der Waals surface area contributed by atoms with Gasteiger partial charge in [-0.25, -0.2) is 9.78 Å². The van der Waals surface area contributed by atoms with Gasteiger partial charge in [-0.2, -0.15) is 5.10 Å². The molecular weight excluding hydrogens is 276 g/mol. The molecule has 0 unspecified atom stereocenters. The van der Waals surface area contributed by atoms with Gasteiger partial charge in [0.25, 0.3) is 0 Å². The van der Waals surface area contributed by atoms with E-state index in [9.17, 15) is 4.79 Å². The molecule has 0 aromatic carbocycles. The molecule has 0 aliphatic heterocycles. The molecule has 20 heavy (non-hydrogen) atoms. The number of aromatic nitrogens is 2. The van der Waals surface area contributed by atoms with Gasteiger partial charge in [-0.3, -0.25) is 10.4 Å². The molecule has 0 aliphatic rings. The molecule has 0 radical (unpaired) electrons. The summed E-state index contributed by atoms with van der Waals surface area (Å²) in [4.78, 5) is 20.5. The number of nitrogens with zero attached hydrogens (tertiary/aromatic N) is 3. The molecule has 0 saturated heterocycles. The Kier molecular flexibility index (Phi) is 4.78. The number of pyridine rings is 1. The largest absolute Gasteiger partial charge is 0.462 e. The number of nitrogens with one attached hydrogen (secondary N) is 1. The van der Waals surface area contributed by atoms with E-state index in [2.05, 4.69) is 20.5 Å². The van der Waals surface area contributed by atoms with Gasteiger partial charge in [-0.1, -0.05) is 17.4 Å². The average Bonchev–Trinajstić information content (AvgIpc) is 2.81. The first kappa shape index (κ1) is 14.1. The van der Waals surface area contributed by atoms with E-state index < -0.39 is 0 Å². The first-order valence-electron chi connectivity index (χ1n) is 6.05. The van der Waals surface area contributed by atoms with Gasteiger partial charge in [0.1, 0.15) is 4.88 Å². The van der Waals surface area contributed by atoms with Crippen molar-refractivity contribution in [3.8, 4) is 0 Å². The topological polar surface area (TPSA) is 76.5 Å². The molecule has 104 valence electrons. The molecule has 2 aromatic heterocycles. The zero-order valence-corrected chi connectivity index (χ0v) is 12.0. The van der Waals surface area contributed by atoms with Crippen LogP contribution in [0.3, 0.4) is 0 Å². The normalized spacial score (nSPS) is 10.7. The van der Waals surface area contributed by atoms with Gasteiger partial charge >= 0.3 is 5.97 Å². The number of anilines is 1. The van der Waals surface area contributed by atoms with Gasteiger partial charge in [-0.15, -0.1) is 0 Å². The summed E-state index contributed by atoms with van der Waals surface area (Å²) in [6.07, 6.45) is 3.27. The number of esters is 1. The molecule has 0 aliphatic carbocycles. The maximum atomic E-state index is 11.6. The second-order valence-corrected chi connectivity index (χ2v) is 4.78. The molecule has 2 rings (SSSR count). The van der Waals surface area contributed by atoms with E-state index >= 15 is 0 Å². The third kappa shape index (κ3) is 3.61. The first-order chi connectivity index (χ1) is 9.70. The zero-order valence-electron chi connectivity index (χ0n) is 11.2. The predicted octanol–water partition coefficient (Wildman–Crippen LogP) is 2.47. The molecule has 0 atom stereocenters. The van der Waals surface area contributed by atoms with Crippen LogP contribution < -0.4 is 5.43 Å². The van der Waals surface area contributed by atoms with Gasteiger partial charge in [0, 0.05) is 6.20 Å². The summed E-state index contributed by atoms with van der Waals surface area (Å²) in [5.74, 6) is -0.357. The van der Waals surface area contributed by atoms with Crippen molar-refractivity contribution in [2.75, 3.05) is 12.0 Å². The SMILES string of the molecule is CCOC(=O)c1sc(N/N=C\c2ccccn2)nc1C. The Balaban J connectivity index is 2.02. The van der Waals surface area contributed by atoms with Crippen LogP contribution in [0.25, 0.3) is 0 Å². The fourth-order valence-corrected chi connectivity index (χ4v) is 2.25. The monoisotopic (exact) mass is 290 g/mol. The molecular formula is C13H14N4O2S. The summed E-state index contributed by atoms with van der Waals surface area (Å²) < 4.78 is 4.95. The second kappa shape index (κ2) is 6.76. The highest BCUT2D eigenvalue weighted by molar-refractivity contribution is 7.17. The number of rotatable bonds is 5. The maximum absolute atomic E-state index is 11.6. The van der Waals surface area contributed by atoms with Crippen LogP contribution in [0, 0.1) is 6.92 Å². The number of aryl methyl sites for hydroxylation is 1. The van der Waals surface area contributed by atoms with Crippen LogP contribution in [0.2, 0.25) is 0 Å². The standard InChI is InChI=1S/C13H14N4O2S/c1-3-19-12(18)11-9(2)16-13(20-11)17-15-8-10-6-4-5-7-14-10/h4-8H,3H2,1-2H3,(H,16,17)/b15-8-. The van der Waals surface area contributed by atoms with Gasteiger partial charge in [-0.05, 0) is 26.0 Å². The van der Waals surface area contributed by atoms with Crippen molar-refractivity contribution >= 4 is 28.7 Å². The lowest BCUT2D eigenvalue weighted by Gasteiger charge is -1.97. The molecule has 0 spiro atoms. The average molecular weight is 290 g/mol. The Morgan fingerprint density at radius 3 is 3.10 bits per heavy atom. The highest BCUT2D eigenvalue weighted by Crippen LogP contribution is 2.23. The van der Waals surface area contributed by atoms with Crippen molar-refractivity contribution in [2.45, 2.75) is 13.8 Å². The van der Waals surface area contributed by atoms with Crippen LogP contribution in [0.4, 0.5) is 5.13 Å². The van der Waals surface area contributed by atoms with Crippen LogP contribution in [-0.4, -0.2) is 28.8 Å². The summed E-state index contributed by atoms with van der Waals surface area (Å²) in [7, 11) is 0. The van der Waals surface area contributed by atoms with Crippen molar-refractivity contribution in [3.63, 3.8) is 0 Å². The lowest BCUT2D eigenvalue weighted by Crippen LogP contribution is -2.03. The van der Waals surface area contributed by atoms with Crippen LogP contribution >= 0.6 is 11.3 Å². The Morgan fingerprint density at radius 2 is 2.40 bits per heavy atom. The van der Waals surface area contributed by atoms with Crippen molar-refractivity contribution in [3.05, 3.63) is 40.7 Å². The number of hydrogen-bond acceptors (Lipinski definition) is 7. The lowest BCUT2D eigenvalue weighted by atomic mass is 10.4. The van der Waals surface area contributed by atoms with Crippen molar-refractivity contribution in [2.24, 2.45) is 5.10 Å². The maximum Gasteiger partial charge on any atom is 0.350 e. The summed E-state index contributed by atoms with van der Waals surface area (Å²) in [5, 5.41) is 4.57. The number of thiazole rings is 1. The van der Waals surface area contributed by atoms with E-state index in [0.29, 0.717) is 22.3 Å². The lowest BCUT2D eigenvalue weighted by molar-refractivity contribution is 0.0531. The second-order valence-electron chi connectivity index (χ2n) is 3.78. The van der Waals surface area contributed by atoms with Crippen LogP contribution in [0.15, 0.2) is 29.5 Å². The van der Waals surface area contributed by atoms with Crippen molar-refractivity contribution < 1.29 is 9.53 Å². The highest BCUT2D eigenvalue weighted by Gasteiger charge is 2.15. The third-order valence-corrected chi connectivity index (χ3v) is 3.34. The van der Waals surface area contributed by atoms with E-state index in [1.165, 1.54) is 11.3 Å². The quantitative estimate of drug-likeness (QED) is 0.520. The molecule has 7 heteroatoms. The van der Waals surface area contributed by atoms with Crippen LogP contribution in [-0.2, 0) is 4.74 Å². The summed E-state index contributed by atoms with van der Waals surface area (Å²) in [6, 6.07) is 5.55. The minimum absolute atomic E-state index is 0.344. The van der Waals surface area contributed by atoms with E-state index in [1.807, 2.05) is 18.2 Å². The van der Waals surface area contributed by atoms with E-state index in [4.69, 9.17) is 4.74 Å². The number of carbonyl (C=O) groups excluding carboxylic acids is 1. The van der Waals surface area contributed by atoms with Crippen molar-refractivity contribution in [1.82, 2.24) is 9.97 Å². The molecule has 0 fully saturated rings. The van der Waals surface area contributed by atoms with Gasteiger partial charge in [0.05, 0.1) is 24.2 Å². The fraction of sp³-hybridized carbons (Fsp3) is 0.231. The van der Waals surface area contributed by atoms with E-state index in [0.717, 1.165) is 5.69 Å². The van der Waals surface area contributed by atoms with Gasteiger partial charge < -0.3 is 4.74 Å². The van der Waals surface area contributed by atoms with E-state index in [1.54, 1.807) is 26.3 Å². The molecule has 0 bridgehead atoms. The van der Waals surface area contributed by atoms with Crippen LogP contribution in [0.5, 0.6) is 0 Å². The Labute approximate surface area is 120 Å². The van der Waals surface area contributed by atoms with Crippen molar-refractivity contribution in [1.29, 1.82) is 0 Å². The minimum atomic E-state index is -0.357. The minimum Gasteiger partial charge on any atom is -0.462 e. The van der Waals surface area contributed by atoms with Crippen LogP contribution in [0.1, 0.15) is 28.0 Å². The Morgan fingerprint density at radius 1 is 1.55 bits per heavy atom. The number of hydrogen-bond donors (Lipinski definition) is 1. The molecule has 1 N–H and O–H groups in total. The number of carbonyl (C=O) groups is 1. The summed E-state index contributed by atoms with van der Waals surface area (Å²) >= 11 is 1.21. The molecule has 2 aromatic rings. The van der Waals surface area contributed by atoms with Gasteiger partial charge in [0.15, 0.2) is 0 Å². The predicted molar refractivity (Wildman–Crippen MR) is 78.3 cm³/mol. The smallest absolute Gasteiger partial charge is 0.350 e. The summed E-state index contributed by atoms with van der Waals surface area (Å²) in [6.45, 7) is 3.87. The number of ether oxygens (including phenoxy) is 1. The summed E-state index contributed by atoms with van der Waals surface area (Å²) in [5.41, 5.74) is 4.14. The zero-order chi connectivity index (χ0) is 14.4. The Hall–Kier alpha value is -2.28. The van der Waals surface area contributed by atoms with Gasteiger partial charge in [0.2, 0.25) is 5.13 Å². The molecule has 0 amide bonds. The Bertz CT molecular complexity index is 610. The molecule has 0 saturated carbocycles. The molecule has 2 heterocycles. The fourth-order valence-electron chi connectivity index (χ4n) is 1.44. The molecule has 6 nitrogen and oxygen atoms in total. The highest BCUT2D eigenvalue weighted by atomic mass is 32.1. The van der Waals surface area contributed by atoms with E-state index in [-0.39, 0.29) is 5.97 Å².